The molecule has 0 aliphatic carbocycles. The van der Waals surface area contributed by atoms with Gasteiger partial charge in [0.05, 0.1) is 5.69 Å². The smallest absolute Gasteiger partial charge is 0.0573 e. The van der Waals surface area contributed by atoms with Crippen LogP contribution < -0.4 is 5.32 Å². The van der Waals surface area contributed by atoms with Gasteiger partial charge in [0.2, 0.25) is 0 Å². The van der Waals surface area contributed by atoms with Crippen molar-refractivity contribution in [3.05, 3.63) is 30.1 Å². The lowest BCUT2D eigenvalue weighted by Gasteiger charge is -2.17. The zero-order valence-electron chi connectivity index (χ0n) is 10.3. The number of hydrogen-bond donors (Lipinski definition) is 1. The third-order valence-corrected chi connectivity index (χ3v) is 2.54. The molecule has 0 amide bonds. The predicted octanol–water partition coefficient (Wildman–Crippen LogP) is 2.55. The van der Waals surface area contributed by atoms with Gasteiger partial charge in [0, 0.05) is 26.0 Å². The zero-order chi connectivity index (χ0) is 11.6. The maximum Gasteiger partial charge on any atom is 0.0573 e. The number of methoxy groups -OCH3 is 1. The lowest BCUT2D eigenvalue weighted by atomic mass is 10.1. The van der Waals surface area contributed by atoms with Gasteiger partial charge in [0.15, 0.2) is 0 Å². The number of aromatic nitrogens is 1. The van der Waals surface area contributed by atoms with E-state index in [1.807, 2.05) is 18.3 Å². The molecule has 0 spiro atoms. The molecule has 1 unspecified atom stereocenters. The highest BCUT2D eigenvalue weighted by Gasteiger charge is 2.09. The molecule has 1 N–H and O–H groups in total. The van der Waals surface area contributed by atoms with E-state index >= 15 is 0 Å². The van der Waals surface area contributed by atoms with Gasteiger partial charge in [-0.2, -0.15) is 0 Å². The fourth-order valence-electron chi connectivity index (χ4n) is 1.72. The number of nitrogens with one attached hydrogen (secondary N) is 1. The minimum Gasteiger partial charge on any atom is -0.385 e. The molecule has 0 bridgehead atoms. The Labute approximate surface area is 98.2 Å². The first-order valence-electron chi connectivity index (χ1n) is 6.01. The molecule has 1 heterocycles. The van der Waals surface area contributed by atoms with E-state index in [1.54, 1.807) is 7.11 Å². The zero-order valence-corrected chi connectivity index (χ0v) is 10.3. The van der Waals surface area contributed by atoms with Gasteiger partial charge in [-0.25, -0.2) is 0 Å². The quantitative estimate of drug-likeness (QED) is 0.686. The van der Waals surface area contributed by atoms with Gasteiger partial charge < -0.3 is 10.1 Å². The van der Waals surface area contributed by atoms with Crippen molar-refractivity contribution >= 4 is 0 Å². The number of pyridine rings is 1. The van der Waals surface area contributed by atoms with E-state index < -0.39 is 0 Å². The molecule has 16 heavy (non-hydrogen) atoms. The highest BCUT2D eigenvalue weighted by atomic mass is 16.5. The molecule has 0 aliphatic heterocycles. The average Bonchev–Trinajstić information content (AvgIpc) is 2.34. The van der Waals surface area contributed by atoms with Crippen LogP contribution in [0.25, 0.3) is 0 Å². The first-order valence-corrected chi connectivity index (χ1v) is 6.01. The van der Waals surface area contributed by atoms with Crippen LogP contribution >= 0.6 is 0 Å². The second-order valence-electron chi connectivity index (χ2n) is 3.90. The van der Waals surface area contributed by atoms with Gasteiger partial charge in [-0.3, -0.25) is 4.98 Å². The summed E-state index contributed by atoms with van der Waals surface area (Å²) in [6, 6.07) is 6.46. The Morgan fingerprint density at radius 3 is 2.94 bits per heavy atom. The van der Waals surface area contributed by atoms with Crippen molar-refractivity contribution in [2.45, 2.75) is 32.2 Å². The van der Waals surface area contributed by atoms with E-state index in [-0.39, 0.29) is 0 Å². The summed E-state index contributed by atoms with van der Waals surface area (Å²) in [5, 5.41) is 3.53. The molecule has 3 nitrogen and oxygen atoms in total. The number of ether oxygens (including phenoxy) is 1. The van der Waals surface area contributed by atoms with Crippen molar-refractivity contribution in [2.75, 3.05) is 20.3 Å². The van der Waals surface area contributed by atoms with Crippen LogP contribution in [0.2, 0.25) is 0 Å². The summed E-state index contributed by atoms with van der Waals surface area (Å²) in [5.74, 6) is 0. The third kappa shape index (κ3) is 4.73. The summed E-state index contributed by atoms with van der Waals surface area (Å²) >= 11 is 0. The summed E-state index contributed by atoms with van der Waals surface area (Å²) in [6.45, 7) is 4.00. The first kappa shape index (κ1) is 13.1. The summed E-state index contributed by atoms with van der Waals surface area (Å²) in [5.41, 5.74) is 1.14. The Morgan fingerprint density at radius 2 is 2.31 bits per heavy atom. The highest BCUT2D eigenvalue weighted by Crippen LogP contribution is 2.15. The number of hydrogen-bond acceptors (Lipinski definition) is 3. The Balaban J connectivity index is 2.41. The molecule has 3 heteroatoms. The van der Waals surface area contributed by atoms with Crippen LogP contribution in [-0.4, -0.2) is 25.2 Å². The molecule has 1 aromatic heterocycles. The normalized spacial score (nSPS) is 12.6. The standard InChI is InChI=1S/C13H22N2O/c1-3-7-12(15-10-6-11-16-2)13-8-4-5-9-14-13/h4-5,8-9,12,15H,3,6-7,10-11H2,1-2H3. The van der Waals surface area contributed by atoms with Gasteiger partial charge in [0.25, 0.3) is 0 Å². The molecule has 0 saturated carbocycles. The third-order valence-electron chi connectivity index (χ3n) is 2.54. The van der Waals surface area contributed by atoms with Crippen LogP contribution in [0.5, 0.6) is 0 Å². The van der Waals surface area contributed by atoms with E-state index in [9.17, 15) is 0 Å². The monoisotopic (exact) mass is 222 g/mol. The van der Waals surface area contributed by atoms with Gasteiger partial charge in [-0.1, -0.05) is 19.4 Å². The Morgan fingerprint density at radius 1 is 1.44 bits per heavy atom. The van der Waals surface area contributed by atoms with Gasteiger partial charge >= 0.3 is 0 Å². The van der Waals surface area contributed by atoms with Crippen molar-refractivity contribution in [2.24, 2.45) is 0 Å². The maximum absolute atomic E-state index is 5.03. The van der Waals surface area contributed by atoms with Crippen LogP contribution in [0.4, 0.5) is 0 Å². The highest BCUT2D eigenvalue weighted by molar-refractivity contribution is 5.08. The molecular formula is C13H22N2O. The molecule has 0 aliphatic rings. The van der Waals surface area contributed by atoms with Gasteiger partial charge in [0.1, 0.15) is 0 Å². The molecule has 90 valence electrons. The Hall–Kier alpha value is -0.930. The van der Waals surface area contributed by atoms with E-state index in [1.165, 1.54) is 6.42 Å². The molecular weight excluding hydrogens is 200 g/mol. The average molecular weight is 222 g/mol. The summed E-state index contributed by atoms with van der Waals surface area (Å²) < 4.78 is 5.03. The molecule has 0 saturated heterocycles. The minimum atomic E-state index is 0.378. The van der Waals surface area contributed by atoms with Crippen LogP contribution in [0.3, 0.4) is 0 Å². The van der Waals surface area contributed by atoms with Crippen molar-refractivity contribution < 1.29 is 4.74 Å². The molecule has 1 atom stereocenters. The Kier molecular flexibility index (Phi) is 6.77. The van der Waals surface area contributed by atoms with Crippen molar-refractivity contribution in [1.29, 1.82) is 0 Å². The molecule has 1 rings (SSSR count). The van der Waals surface area contributed by atoms with Crippen LogP contribution in [-0.2, 0) is 4.74 Å². The molecule has 0 aromatic carbocycles. The topological polar surface area (TPSA) is 34.1 Å². The summed E-state index contributed by atoms with van der Waals surface area (Å²) in [6.07, 6.45) is 5.20. The van der Waals surface area contributed by atoms with Crippen LogP contribution in [0, 0.1) is 0 Å². The summed E-state index contributed by atoms with van der Waals surface area (Å²) in [4.78, 5) is 4.40. The number of nitrogens with zero attached hydrogens (tertiary/aromatic N) is 1. The van der Waals surface area contributed by atoms with E-state index in [0.29, 0.717) is 6.04 Å². The van der Waals surface area contributed by atoms with Crippen molar-refractivity contribution in [3.63, 3.8) is 0 Å². The van der Waals surface area contributed by atoms with Gasteiger partial charge in [-0.15, -0.1) is 0 Å². The lowest BCUT2D eigenvalue weighted by molar-refractivity contribution is 0.193. The van der Waals surface area contributed by atoms with Gasteiger partial charge in [-0.05, 0) is 31.5 Å². The SMILES string of the molecule is CCCC(NCCCOC)c1ccccn1. The van der Waals surface area contributed by atoms with E-state index in [0.717, 1.165) is 31.7 Å². The minimum absolute atomic E-state index is 0.378. The van der Waals surface area contributed by atoms with E-state index in [4.69, 9.17) is 4.74 Å². The molecule has 1 aromatic rings. The lowest BCUT2D eigenvalue weighted by Crippen LogP contribution is -2.24. The largest absolute Gasteiger partial charge is 0.385 e. The number of rotatable bonds is 8. The predicted molar refractivity (Wildman–Crippen MR) is 66.4 cm³/mol. The maximum atomic E-state index is 5.03. The molecule has 0 radical (unpaired) electrons. The van der Waals surface area contributed by atoms with Crippen LogP contribution in [0.15, 0.2) is 24.4 Å². The fourth-order valence-corrected chi connectivity index (χ4v) is 1.72. The summed E-state index contributed by atoms with van der Waals surface area (Å²) in [7, 11) is 1.74. The first-order chi connectivity index (χ1) is 7.88. The fraction of sp³-hybridized carbons (Fsp3) is 0.615. The second-order valence-corrected chi connectivity index (χ2v) is 3.90. The molecule has 0 fully saturated rings. The van der Waals surface area contributed by atoms with Crippen LogP contribution in [0.1, 0.15) is 37.9 Å². The van der Waals surface area contributed by atoms with Crippen molar-refractivity contribution in [3.8, 4) is 0 Å². The second kappa shape index (κ2) is 8.25. The Bertz CT molecular complexity index is 264. The van der Waals surface area contributed by atoms with Crippen molar-refractivity contribution in [1.82, 2.24) is 10.3 Å². The van der Waals surface area contributed by atoms with E-state index in [2.05, 4.69) is 23.3 Å².